The quantitative estimate of drug-likeness (QED) is 0.544. The third kappa shape index (κ3) is 2.52. The second-order valence-corrected chi connectivity index (χ2v) is 1.35. The molecule has 0 aliphatic heterocycles. The molecule has 0 atom stereocenters. The second-order valence-electron chi connectivity index (χ2n) is 1.35. The highest BCUT2D eigenvalue weighted by Gasteiger charge is 1.80. The molecule has 0 radical (unpaired) electrons. The Bertz CT molecular complexity index is 216. The average molecular weight is 135 g/mol. The van der Waals surface area contributed by atoms with Crippen LogP contribution in [0.5, 0.6) is 0 Å². The molecule has 50 valence electrons. The van der Waals surface area contributed by atoms with Crippen LogP contribution in [0, 0.1) is 21.8 Å². The maximum atomic E-state index is 8.25. The highest BCUT2D eigenvalue weighted by atomic mass is 16.2. The number of nitrogens with zero attached hydrogens (tertiary/aromatic N) is 2. The molecule has 1 aromatic heterocycles. The minimum Gasteiger partial charge on any atom is -0.263 e. The molecule has 1 N–H and O–H groups in total. The predicted octanol–water partition coefficient (Wildman–Crippen LogP) is 1.28. The molecule has 0 spiro atoms. The third-order valence-electron chi connectivity index (χ3n) is 0.791. The van der Waals surface area contributed by atoms with Crippen molar-refractivity contribution in [2.75, 3.05) is 0 Å². The summed E-state index contributed by atoms with van der Waals surface area (Å²) in [4.78, 5) is 11.2. The van der Waals surface area contributed by atoms with E-state index in [1.54, 1.807) is 18.3 Å². The van der Waals surface area contributed by atoms with Crippen LogP contribution in [0.4, 0.5) is 0 Å². The molecule has 1 heterocycles. The van der Waals surface area contributed by atoms with E-state index in [9.17, 15) is 0 Å². The van der Waals surface area contributed by atoms with Crippen LogP contribution in [0.3, 0.4) is 0 Å². The zero-order chi connectivity index (χ0) is 7.82. The van der Waals surface area contributed by atoms with E-state index in [1.165, 1.54) is 6.20 Å². The zero-order valence-corrected chi connectivity index (χ0v) is 5.11. The van der Waals surface area contributed by atoms with Gasteiger partial charge in [0.1, 0.15) is 6.07 Å². The summed E-state index contributed by atoms with van der Waals surface area (Å²) in [6.45, 7) is 0. The van der Waals surface area contributed by atoms with Gasteiger partial charge in [-0.25, -0.2) is 0 Å². The predicted molar refractivity (Wildman–Crippen MR) is 35.0 cm³/mol. The lowest BCUT2D eigenvalue weighted by Crippen LogP contribution is -1.72. The second kappa shape index (κ2) is 5.38. The largest absolute Gasteiger partial charge is 0.263 e. The number of nitrogens with one attached hydrogen (secondary N) is 1. The van der Waals surface area contributed by atoms with Gasteiger partial charge in [-0.3, -0.25) is 4.98 Å². The number of hydrogen-bond acceptors (Lipinski definition) is 4. The summed E-state index contributed by atoms with van der Waals surface area (Å²) in [5, 5.41) is 8.25. The number of aromatic nitrogens is 1. The SMILES string of the molecule is N#Cc1cccnc1.N=O. The Morgan fingerprint density at radius 2 is 2.30 bits per heavy atom. The van der Waals surface area contributed by atoms with Crippen molar-refractivity contribution in [1.29, 1.82) is 10.9 Å². The molecule has 4 heteroatoms. The van der Waals surface area contributed by atoms with Gasteiger partial charge in [0, 0.05) is 12.4 Å². The summed E-state index contributed by atoms with van der Waals surface area (Å²) in [6, 6.07) is 5.41. The number of nitriles is 1. The summed E-state index contributed by atoms with van der Waals surface area (Å²) >= 11 is 0. The maximum Gasteiger partial charge on any atom is 0.101 e. The molecule has 0 bridgehead atoms. The fraction of sp³-hybridized carbons (Fsp3) is 0. The van der Waals surface area contributed by atoms with Gasteiger partial charge >= 0.3 is 0 Å². The van der Waals surface area contributed by atoms with Crippen molar-refractivity contribution in [3.63, 3.8) is 0 Å². The van der Waals surface area contributed by atoms with Crippen LogP contribution < -0.4 is 0 Å². The zero-order valence-electron chi connectivity index (χ0n) is 5.11. The first-order valence-corrected chi connectivity index (χ1v) is 2.44. The Hall–Kier alpha value is -1.76. The lowest BCUT2D eigenvalue weighted by atomic mass is 10.3. The van der Waals surface area contributed by atoms with Gasteiger partial charge in [-0.2, -0.15) is 10.2 Å². The van der Waals surface area contributed by atoms with Crippen LogP contribution >= 0.6 is 0 Å². The highest BCUT2D eigenvalue weighted by molar-refractivity contribution is 5.23. The first kappa shape index (κ1) is 8.24. The van der Waals surface area contributed by atoms with E-state index >= 15 is 0 Å². The van der Waals surface area contributed by atoms with Crippen LogP contribution in [0.25, 0.3) is 0 Å². The topological polar surface area (TPSA) is 77.6 Å². The van der Waals surface area contributed by atoms with Crippen molar-refractivity contribution >= 4 is 0 Å². The van der Waals surface area contributed by atoms with Crippen LogP contribution in [-0.4, -0.2) is 4.98 Å². The molecule has 0 saturated heterocycles. The molecule has 0 unspecified atom stereocenters. The van der Waals surface area contributed by atoms with Gasteiger partial charge in [-0.05, 0) is 12.1 Å². The van der Waals surface area contributed by atoms with Crippen LogP contribution in [0.1, 0.15) is 5.56 Å². The number of pyridine rings is 1. The molecule has 0 fully saturated rings. The summed E-state index contributed by atoms with van der Waals surface area (Å²) in [5.41, 5.74) is 5.10. The first-order chi connectivity index (χ1) is 4.93. The molecule has 4 nitrogen and oxygen atoms in total. The number of nitroso groups, excluding NO2 is 1. The van der Waals surface area contributed by atoms with Gasteiger partial charge in [-0.1, -0.05) is 5.59 Å². The van der Waals surface area contributed by atoms with Crippen molar-refractivity contribution in [2.24, 2.45) is 0 Å². The molecule has 0 amide bonds. The summed E-state index contributed by atoms with van der Waals surface area (Å²) in [5.74, 6) is 0. The summed E-state index contributed by atoms with van der Waals surface area (Å²) in [6.07, 6.45) is 3.17. The van der Waals surface area contributed by atoms with Gasteiger partial charge < -0.3 is 0 Å². The first-order valence-electron chi connectivity index (χ1n) is 2.44. The highest BCUT2D eigenvalue weighted by Crippen LogP contribution is 1.89. The normalized spacial score (nSPS) is 6.70. The molecule has 0 saturated carbocycles. The minimum atomic E-state index is 0.604. The van der Waals surface area contributed by atoms with E-state index in [-0.39, 0.29) is 0 Å². The fourth-order valence-corrected chi connectivity index (χ4v) is 0.429. The standard InChI is InChI=1S/C6H4N2.HNO/c7-4-6-2-1-3-8-5-6;1-2/h1-3,5H;1H. The lowest BCUT2D eigenvalue weighted by molar-refractivity contribution is 1.30. The van der Waals surface area contributed by atoms with Crippen LogP contribution in [0.2, 0.25) is 0 Å². The van der Waals surface area contributed by atoms with E-state index < -0.39 is 0 Å². The Kier molecular flexibility index (Phi) is 4.43. The van der Waals surface area contributed by atoms with Crippen LogP contribution in [0.15, 0.2) is 24.5 Å². The minimum absolute atomic E-state index is 0.604. The molecular formula is C6H5N3O. The van der Waals surface area contributed by atoms with Crippen molar-refractivity contribution in [1.82, 2.24) is 4.98 Å². The smallest absolute Gasteiger partial charge is 0.101 e. The summed E-state index contributed by atoms with van der Waals surface area (Å²) < 4.78 is 0. The van der Waals surface area contributed by atoms with Crippen molar-refractivity contribution in [2.45, 2.75) is 0 Å². The van der Waals surface area contributed by atoms with E-state index in [0.29, 0.717) is 5.56 Å². The van der Waals surface area contributed by atoms with Gasteiger partial charge in [0.2, 0.25) is 0 Å². The van der Waals surface area contributed by atoms with Gasteiger partial charge in [0.15, 0.2) is 0 Å². The lowest BCUT2D eigenvalue weighted by Gasteiger charge is -1.79. The Morgan fingerprint density at radius 3 is 2.60 bits per heavy atom. The Labute approximate surface area is 57.9 Å². The molecule has 0 aliphatic rings. The fourth-order valence-electron chi connectivity index (χ4n) is 0.429. The summed E-state index contributed by atoms with van der Waals surface area (Å²) in [7, 11) is 0. The van der Waals surface area contributed by atoms with E-state index in [2.05, 4.69) is 10.6 Å². The molecule has 0 aliphatic carbocycles. The van der Waals surface area contributed by atoms with Crippen molar-refractivity contribution < 1.29 is 0 Å². The number of hydrogen-bond donors (Lipinski definition) is 1. The molecule has 0 aromatic carbocycles. The van der Waals surface area contributed by atoms with E-state index in [0.717, 1.165) is 0 Å². The third-order valence-corrected chi connectivity index (χ3v) is 0.791. The Morgan fingerprint density at radius 1 is 1.60 bits per heavy atom. The van der Waals surface area contributed by atoms with E-state index in [4.69, 9.17) is 10.2 Å². The van der Waals surface area contributed by atoms with Crippen molar-refractivity contribution in [3.8, 4) is 6.07 Å². The molecule has 1 aromatic rings. The van der Waals surface area contributed by atoms with Gasteiger partial charge in [-0.15, -0.1) is 0 Å². The Balaban J connectivity index is 0.000000371. The number of rotatable bonds is 0. The average Bonchev–Trinajstić information content (AvgIpc) is 2.10. The van der Waals surface area contributed by atoms with Gasteiger partial charge in [0.25, 0.3) is 0 Å². The maximum absolute atomic E-state index is 8.25. The molecule has 1 rings (SSSR count). The molecular weight excluding hydrogens is 130 g/mol. The van der Waals surface area contributed by atoms with Crippen LogP contribution in [-0.2, 0) is 0 Å². The van der Waals surface area contributed by atoms with Crippen molar-refractivity contribution in [3.05, 3.63) is 35.0 Å². The van der Waals surface area contributed by atoms with Gasteiger partial charge in [0.05, 0.1) is 5.56 Å². The monoisotopic (exact) mass is 135 g/mol. The molecule has 10 heavy (non-hydrogen) atoms. The van der Waals surface area contributed by atoms with E-state index in [1.807, 2.05) is 6.07 Å².